The molecule has 0 spiro atoms. The fraction of sp³-hybridized carbons (Fsp3) is 0.318. The summed E-state index contributed by atoms with van der Waals surface area (Å²) in [6.07, 6.45) is -2.78. The van der Waals surface area contributed by atoms with Crippen LogP contribution in [0.15, 0.2) is 35.4 Å². The van der Waals surface area contributed by atoms with E-state index in [9.17, 15) is 30.8 Å². The minimum Gasteiger partial charge on any atom is -0.475 e. The molecule has 2 unspecified atom stereocenters. The number of hydrogen-bond acceptors (Lipinski definition) is 6. The summed E-state index contributed by atoms with van der Waals surface area (Å²) in [5.41, 5.74) is -1.03. The smallest absolute Gasteiger partial charge is 0.475 e. The van der Waals surface area contributed by atoms with E-state index in [1.807, 2.05) is 0 Å². The van der Waals surface area contributed by atoms with Gasteiger partial charge in [0, 0.05) is 20.1 Å². The molecule has 1 aliphatic carbocycles. The highest BCUT2D eigenvalue weighted by Gasteiger charge is 2.48. The molecule has 17 heteroatoms. The van der Waals surface area contributed by atoms with Crippen LogP contribution in [0.5, 0.6) is 0 Å². The van der Waals surface area contributed by atoms with Crippen molar-refractivity contribution in [3.05, 3.63) is 57.6 Å². The molecule has 2 aliphatic rings. The van der Waals surface area contributed by atoms with Gasteiger partial charge in [0.05, 0.1) is 33.9 Å². The van der Waals surface area contributed by atoms with Crippen LogP contribution in [0, 0.1) is 23.5 Å². The zero-order chi connectivity index (χ0) is 28.9. The van der Waals surface area contributed by atoms with Crippen molar-refractivity contribution in [2.75, 3.05) is 23.1 Å². The molecule has 2 aromatic carbocycles. The molecule has 10 nitrogen and oxygen atoms in total. The van der Waals surface area contributed by atoms with Gasteiger partial charge in [-0.15, -0.1) is 0 Å². The van der Waals surface area contributed by atoms with Gasteiger partial charge in [0.2, 0.25) is 0 Å². The van der Waals surface area contributed by atoms with E-state index in [-0.39, 0.29) is 33.0 Å². The SMILES string of the molecule is Cn1cnc2ccc(Nc3c(F)ccc(NS(=O)(=O)N4CC5CC5C4)c3Cl)c(F)c2c1=O.O=C(O)C(F)(F)F. The summed E-state index contributed by atoms with van der Waals surface area (Å²) in [6.45, 7) is 0.879. The molecule has 2 fully saturated rings. The molecule has 2 atom stereocenters. The summed E-state index contributed by atoms with van der Waals surface area (Å²) in [5, 5.41) is 9.15. The lowest BCUT2D eigenvalue weighted by Crippen LogP contribution is -2.35. The van der Waals surface area contributed by atoms with E-state index in [0.717, 1.165) is 17.1 Å². The largest absolute Gasteiger partial charge is 0.490 e. The number of anilines is 3. The van der Waals surface area contributed by atoms with Crippen LogP contribution < -0.4 is 15.6 Å². The number of aromatic nitrogens is 2. The van der Waals surface area contributed by atoms with Crippen LogP contribution >= 0.6 is 11.6 Å². The number of piperidine rings is 1. The molecule has 210 valence electrons. The van der Waals surface area contributed by atoms with E-state index in [1.54, 1.807) is 0 Å². The normalized spacial score (nSPS) is 18.7. The first-order valence-corrected chi connectivity index (χ1v) is 12.9. The minimum atomic E-state index is -5.08. The predicted octanol–water partition coefficient (Wildman–Crippen LogP) is 3.85. The third-order valence-electron chi connectivity index (χ3n) is 6.14. The second-order valence-electron chi connectivity index (χ2n) is 8.87. The third kappa shape index (κ3) is 5.91. The van der Waals surface area contributed by atoms with Crippen LogP contribution in [0.3, 0.4) is 0 Å². The number of aryl methyl sites for hydroxylation is 1. The number of carboxylic acids is 1. The van der Waals surface area contributed by atoms with Crippen LogP contribution in [-0.2, 0) is 22.1 Å². The molecule has 1 aliphatic heterocycles. The number of halogens is 6. The molecule has 1 saturated carbocycles. The number of benzene rings is 2. The highest BCUT2D eigenvalue weighted by Crippen LogP contribution is 2.46. The summed E-state index contributed by atoms with van der Waals surface area (Å²) in [6, 6.07) is 4.94. The summed E-state index contributed by atoms with van der Waals surface area (Å²) in [7, 11) is -2.43. The Labute approximate surface area is 222 Å². The van der Waals surface area contributed by atoms with Crippen molar-refractivity contribution < 1.29 is 40.3 Å². The number of fused-ring (bicyclic) bond motifs is 2. The molecule has 1 aromatic heterocycles. The first kappa shape index (κ1) is 28.5. The molecule has 3 aromatic rings. The lowest BCUT2D eigenvalue weighted by atomic mass is 10.2. The van der Waals surface area contributed by atoms with Crippen LogP contribution in [0.2, 0.25) is 5.02 Å². The zero-order valence-corrected chi connectivity index (χ0v) is 21.3. The zero-order valence-electron chi connectivity index (χ0n) is 19.8. The van der Waals surface area contributed by atoms with Gasteiger partial charge in [0.15, 0.2) is 5.82 Å². The molecule has 5 rings (SSSR count). The van der Waals surface area contributed by atoms with Crippen molar-refractivity contribution in [1.29, 1.82) is 0 Å². The monoisotopic (exact) mass is 595 g/mol. The van der Waals surface area contributed by atoms with Crippen molar-refractivity contribution in [3.63, 3.8) is 0 Å². The Balaban J connectivity index is 0.000000448. The maximum absolute atomic E-state index is 15.1. The van der Waals surface area contributed by atoms with Gasteiger partial charge in [-0.3, -0.25) is 9.52 Å². The Morgan fingerprint density at radius 1 is 1.13 bits per heavy atom. The predicted molar refractivity (Wildman–Crippen MR) is 131 cm³/mol. The molecule has 0 amide bonds. The van der Waals surface area contributed by atoms with Gasteiger partial charge >= 0.3 is 22.4 Å². The van der Waals surface area contributed by atoms with Gasteiger partial charge in [-0.1, -0.05) is 11.6 Å². The Hall–Kier alpha value is -3.50. The summed E-state index contributed by atoms with van der Waals surface area (Å²) >= 11 is 6.29. The van der Waals surface area contributed by atoms with Gasteiger partial charge in [0.25, 0.3) is 5.56 Å². The maximum Gasteiger partial charge on any atom is 0.490 e. The van der Waals surface area contributed by atoms with Crippen molar-refractivity contribution in [2.24, 2.45) is 18.9 Å². The Bertz CT molecular complexity index is 1620. The van der Waals surface area contributed by atoms with Crippen molar-refractivity contribution in [2.45, 2.75) is 12.6 Å². The second-order valence-corrected chi connectivity index (χ2v) is 10.9. The summed E-state index contributed by atoms with van der Waals surface area (Å²) in [4.78, 5) is 25.2. The number of nitrogens with one attached hydrogen (secondary N) is 2. The molecule has 3 N–H and O–H groups in total. The van der Waals surface area contributed by atoms with Crippen molar-refractivity contribution in [1.82, 2.24) is 13.9 Å². The first-order valence-electron chi connectivity index (χ1n) is 11.1. The minimum absolute atomic E-state index is 0.0464. The van der Waals surface area contributed by atoms with Gasteiger partial charge < -0.3 is 15.0 Å². The molecule has 39 heavy (non-hydrogen) atoms. The lowest BCUT2D eigenvalue weighted by Gasteiger charge is -2.20. The quantitative estimate of drug-likeness (QED) is 0.382. The number of carbonyl (C=O) groups is 1. The Morgan fingerprint density at radius 3 is 2.31 bits per heavy atom. The van der Waals surface area contributed by atoms with Gasteiger partial charge in [-0.2, -0.15) is 25.9 Å². The van der Waals surface area contributed by atoms with Crippen LogP contribution in [0.4, 0.5) is 39.0 Å². The van der Waals surface area contributed by atoms with E-state index in [2.05, 4.69) is 15.0 Å². The van der Waals surface area contributed by atoms with Crippen LogP contribution in [0.1, 0.15) is 6.42 Å². The van der Waals surface area contributed by atoms with Crippen molar-refractivity contribution in [3.8, 4) is 0 Å². The number of nitrogens with zero attached hydrogens (tertiary/aromatic N) is 3. The topological polar surface area (TPSA) is 134 Å². The molecular weight excluding hydrogens is 577 g/mol. The third-order valence-corrected chi connectivity index (χ3v) is 7.99. The van der Waals surface area contributed by atoms with Gasteiger partial charge in [-0.25, -0.2) is 18.6 Å². The number of carboxylic acid groups (broad SMARTS) is 1. The van der Waals surface area contributed by atoms with Gasteiger partial charge in [-0.05, 0) is 42.5 Å². The number of alkyl halides is 3. The van der Waals surface area contributed by atoms with Crippen LogP contribution in [0.25, 0.3) is 10.9 Å². The molecule has 1 saturated heterocycles. The molecule has 0 radical (unpaired) electrons. The highest BCUT2D eigenvalue weighted by atomic mass is 35.5. The lowest BCUT2D eigenvalue weighted by molar-refractivity contribution is -0.192. The fourth-order valence-corrected chi connectivity index (χ4v) is 5.64. The summed E-state index contributed by atoms with van der Waals surface area (Å²) in [5.74, 6) is -3.71. The number of aliphatic carboxylic acids is 1. The Morgan fingerprint density at radius 2 is 1.72 bits per heavy atom. The van der Waals surface area contributed by atoms with Crippen molar-refractivity contribution >= 4 is 55.7 Å². The molecular formula is C22H19ClF5N5O5S. The molecule has 2 heterocycles. The Kier molecular flexibility index (Phi) is 7.48. The average molecular weight is 596 g/mol. The number of hydrogen-bond donors (Lipinski definition) is 3. The van der Waals surface area contributed by atoms with E-state index < -0.39 is 39.5 Å². The standard InChI is InChI=1S/C20H18ClF2N5O3S.C2HF3O2/c1-27-9-24-13-4-5-15(18(23)16(13)20(27)29)25-19-12(22)2-3-14(17(19)21)26-32(30,31)28-7-10-6-11(10)8-28;3-2(4,5)1(6)7/h2-5,9-11,25-26H,6-8H2,1H3;(H,6,7). The van der Waals surface area contributed by atoms with E-state index in [4.69, 9.17) is 21.5 Å². The highest BCUT2D eigenvalue weighted by molar-refractivity contribution is 7.90. The summed E-state index contributed by atoms with van der Waals surface area (Å²) < 4.78 is 91.6. The fourth-order valence-electron chi connectivity index (χ4n) is 3.99. The number of rotatable bonds is 5. The van der Waals surface area contributed by atoms with Gasteiger partial charge in [0.1, 0.15) is 11.2 Å². The first-order chi connectivity index (χ1) is 18.1. The average Bonchev–Trinajstić information content (AvgIpc) is 3.46. The van der Waals surface area contributed by atoms with E-state index in [1.165, 1.54) is 35.9 Å². The van der Waals surface area contributed by atoms with Crippen LogP contribution in [-0.4, -0.2) is 52.6 Å². The van der Waals surface area contributed by atoms with E-state index >= 15 is 4.39 Å². The van der Waals surface area contributed by atoms with E-state index in [0.29, 0.717) is 24.9 Å². The molecule has 0 bridgehead atoms. The second kappa shape index (κ2) is 10.2. The maximum atomic E-state index is 15.1.